The van der Waals surface area contributed by atoms with Crippen LogP contribution in [0, 0.1) is 5.41 Å². The highest BCUT2D eigenvalue weighted by molar-refractivity contribution is 7.11. The first-order valence-corrected chi connectivity index (χ1v) is 9.78. The van der Waals surface area contributed by atoms with Gasteiger partial charge < -0.3 is 10.0 Å². The summed E-state index contributed by atoms with van der Waals surface area (Å²) < 4.78 is 0. The van der Waals surface area contributed by atoms with Crippen molar-refractivity contribution in [3.05, 3.63) is 68.9 Å². The lowest BCUT2D eigenvalue weighted by molar-refractivity contribution is 0.351. The van der Waals surface area contributed by atoms with Gasteiger partial charge in [0.15, 0.2) is 0 Å². The molecule has 4 nitrogen and oxygen atoms in total. The minimum atomic E-state index is 0.241. The van der Waals surface area contributed by atoms with Crippen LogP contribution in [0.2, 0.25) is 0 Å². The molecule has 0 unspecified atom stereocenters. The molecule has 0 saturated heterocycles. The highest BCUT2D eigenvalue weighted by atomic mass is 32.1. The number of thiophene rings is 1. The smallest absolute Gasteiger partial charge is 0.135 e. The summed E-state index contributed by atoms with van der Waals surface area (Å²) in [4.78, 5) is 7.85. The van der Waals surface area contributed by atoms with Crippen LogP contribution in [0.3, 0.4) is 0 Å². The van der Waals surface area contributed by atoms with Crippen LogP contribution in [0.4, 0.5) is 0 Å². The Balaban J connectivity index is 1.51. The molecule has 0 saturated carbocycles. The Morgan fingerprint density at radius 2 is 1.96 bits per heavy atom. The molecule has 0 atom stereocenters. The SMILES string of the molecule is N=C1C(c2nc(-c3ccccc3)cs2)=C(O)CN1CCc1cccs1. The molecule has 1 aliphatic rings. The first-order valence-electron chi connectivity index (χ1n) is 8.02. The van der Waals surface area contributed by atoms with E-state index in [2.05, 4.69) is 16.4 Å². The normalized spacial score (nSPS) is 14.6. The van der Waals surface area contributed by atoms with Crippen LogP contribution in [0.1, 0.15) is 9.88 Å². The topological polar surface area (TPSA) is 60.2 Å². The molecule has 0 fully saturated rings. The van der Waals surface area contributed by atoms with Crippen molar-refractivity contribution >= 4 is 34.1 Å². The van der Waals surface area contributed by atoms with Crippen molar-refractivity contribution in [1.29, 1.82) is 5.41 Å². The second-order valence-electron chi connectivity index (χ2n) is 5.83. The number of rotatable bonds is 5. The molecule has 1 aliphatic heterocycles. The average molecular weight is 367 g/mol. The summed E-state index contributed by atoms with van der Waals surface area (Å²) in [6.45, 7) is 1.11. The van der Waals surface area contributed by atoms with Gasteiger partial charge >= 0.3 is 0 Å². The summed E-state index contributed by atoms with van der Waals surface area (Å²) in [5, 5.41) is 23.6. The Kier molecular flexibility index (Phi) is 4.38. The van der Waals surface area contributed by atoms with E-state index in [1.54, 1.807) is 11.3 Å². The monoisotopic (exact) mass is 367 g/mol. The van der Waals surface area contributed by atoms with Crippen LogP contribution in [0.5, 0.6) is 0 Å². The third kappa shape index (κ3) is 3.23. The van der Waals surface area contributed by atoms with E-state index < -0.39 is 0 Å². The van der Waals surface area contributed by atoms with E-state index in [0.29, 0.717) is 23.0 Å². The maximum absolute atomic E-state index is 10.4. The molecule has 2 aromatic heterocycles. The van der Waals surface area contributed by atoms with Crippen molar-refractivity contribution < 1.29 is 5.11 Å². The molecule has 4 rings (SSSR count). The lowest BCUT2D eigenvalue weighted by atomic mass is 10.2. The van der Waals surface area contributed by atoms with Crippen molar-refractivity contribution in [2.45, 2.75) is 6.42 Å². The zero-order chi connectivity index (χ0) is 17.2. The van der Waals surface area contributed by atoms with Crippen LogP contribution in [0.15, 0.2) is 59.0 Å². The molecule has 0 bridgehead atoms. The Morgan fingerprint density at radius 1 is 1.12 bits per heavy atom. The van der Waals surface area contributed by atoms with E-state index in [1.807, 2.05) is 46.7 Å². The average Bonchev–Trinajstić information content (AvgIpc) is 3.35. The third-order valence-electron chi connectivity index (χ3n) is 4.18. The van der Waals surface area contributed by atoms with E-state index in [-0.39, 0.29) is 5.76 Å². The predicted molar refractivity (Wildman–Crippen MR) is 104 cm³/mol. The molecule has 3 heterocycles. The van der Waals surface area contributed by atoms with Crippen molar-refractivity contribution in [2.75, 3.05) is 13.1 Å². The predicted octanol–water partition coefficient (Wildman–Crippen LogP) is 4.68. The maximum atomic E-state index is 10.4. The quantitative estimate of drug-likeness (QED) is 0.688. The van der Waals surface area contributed by atoms with Gasteiger partial charge in [-0.15, -0.1) is 22.7 Å². The van der Waals surface area contributed by atoms with E-state index in [4.69, 9.17) is 5.41 Å². The number of aliphatic hydroxyl groups is 1. The molecule has 126 valence electrons. The molecule has 2 N–H and O–H groups in total. The van der Waals surface area contributed by atoms with Gasteiger partial charge in [-0.3, -0.25) is 5.41 Å². The number of aliphatic hydroxyl groups excluding tert-OH is 1. The third-order valence-corrected chi connectivity index (χ3v) is 5.97. The van der Waals surface area contributed by atoms with Crippen LogP contribution >= 0.6 is 22.7 Å². The van der Waals surface area contributed by atoms with Crippen LogP contribution in [0.25, 0.3) is 16.8 Å². The number of aromatic nitrogens is 1. The molecule has 0 radical (unpaired) electrons. The number of benzene rings is 1. The Hall–Kier alpha value is -2.44. The number of thiazole rings is 1. The van der Waals surface area contributed by atoms with Gasteiger partial charge in [0.25, 0.3) is 0 Å². The number of amidine groups is 1. The Labute approximate surface area is 154 Å². The fourth-order valence-corrected chi connectivity index (χ4v) is 4.47. The van der Waals surface area contributed by atoms with E-state index >= 15 is 0 Å². The number of hydrogen-bond donors (Lipinski definition) is 2. The highest BCUT2D eigenvalue weighted by Gasteiger charge is 2.30. The molecule has 1 aromatic carbocycles. The summed E-state index contributed by atoms with van der Waals surface area (Å²) in [7, 11) is 0. The van der Waals surface area contributed by atoms with E-state index in [0.717, 1.165) is 24.2 Å². The number of nitrogens with zero attached hydrogens (tertiary/aromatic N) is 2. The summed E-state index contributed by atoms with van der Waals surface area (Å²) in [6, 6.07) is 14.1. The van der Waals surface area contributed by atoms with Crippen molar-refractivity contribution in [3.8, 4) is 11.3 Å². The van der Waals surface area contributed by atoms with Gasteiger partial charge in [-0.2, -0.15) is 0 Å². The zero-order valence-corrected chi connectivity index (χ0v) is 15.1. The Bertz CT molecular complexity index is 913. The van der Waals surface area contributed by atoms with Crippen LogP contribution in [-0.2, 0) is 6.42 Å². The summed E-state index contributed by atoms with van der Waals surface area (Å²) in [6.07, 6.45) is 0.883. The second-order valence-corrected chi connectivity index (χ2v) is 7.72. The van der Waals surface area contributed by atoms with Crippen LogP contribution in [-0.4, -0.2) is 33.9 Å². The second kappa shape index (κ2) is 6.82. The zero-order valence-electron chi connectivity index (χ0n) is 13.5. The van der Waals surface area contributed by atoms with Gasteiger partial charge in [-0.1, -0.05) is 36.4 Å². The molecule has 25 heavy (non-hydrogen) atoms. The minimum Gasteiger partial charge on any atom is -0.510 e. The number of hydrogen-bond acceptors (Lipinski definition) is 5. The highest BCUT2D eigenvalue weighted by Crippen LogP contribution is 2.32. The van der Waals surface area contributed by atoms with E-state index in [9.17, 15) is 5.11 Å². The van der Waals surface area contributed by atoms with Gasteiger partial charge in [0.1, 0.15) is 16.6 Å². The number of nitrogens with one attached hydrogen (secondary N) is 1. The first-order chi connectivity index (χ1) is 12.2. The fraction of sp³-hybridized carbons (Fsp3) is 0.158. The van der Waals surface area contributed by atoms with E-state index in [1.165, 1.54) is 16.2 Å². The minimum absolute atomic E-state index is 0.241. The maximum Gasteiger partial charge on any atom is 0.135 e. The molecular weight excluding hydrogens is 350 g/mol. The summed E-state index contributed by atoms with van der Waals surface area (Å²) >= 11 is 3.20. The van der Waals surface area contributed by atoms with Crippen molar-refractivity contribution in [1.82, 2.24) is 9.88 Å². The van der Waals surface area contributed by atoms with Gasteiger partial charge in [0, 0.05) is 22.4 Å². The molecule has 6 heteroatoms. The largest absolute Gasteiger partial charge is 0.510 e. The first kappa shape index (κ1) is 16.1. The van der Waals surface area contributed by atoms with Gasteiger partial charge in [-0.25, -0.2) is 4.98 Å². The molecule has 0 spiro atoms. The summed E-state index contributed by atoms with van der Waals surface area (Å²) in [5.41, 5.74) is 2.49. The van der Waals surface area contributed by atoms with Gasteiger partial charge in [0.05, 0.1) is 17.8 Å². The lowest BCUT2D eigenvalue weighted by Crippen LogP contribution is -2.28. The lowest BCUT2D eigenvalue weighted by Gasteiger charge is -2.17. The van der Waals surface area contributed by atoms with Crippen molar-refractivity contribution in [2.24, 2.45) is 0 Å². The van der Waals surface area contributed by atoms with Gasteiger partial charge in [-0.05, 0) is 17.9 Å². The standard InChI is InChI=1S/C19H17N3OS2/c20-18-17(16(23)11-22(18)9-8-14-7-4-10-24-14)19-21-15(12-25-19)13-5-2-1-3-6-13/h1-7,10,12,20,23H,8-9,11H2. The molecular formula is C19H17N3OS2. The fourth-order valence-electron chi connectivity index (χ4n) is 2.88. The Morgan fingerprint density at radius 3 is 2.72 bits per heavy atom. The van der Waals surface area contributed by atoms with Crippen molar-refractivity contribution in [3.63, 3.8) is 0 Å². The molecule has 3 aromatic rings. The molecule has 0 aliphatic carbocycles. The molecule has 0 amide bonds. The van der Waals surface area contributed by atoms with Gasteiger partial charge in [0.2, 0.25) is 0 Å². The summed E-state index contributed by atoms with van der Waals surface area (Å²) in [5.74, 6) is 0.605. The van der Waals surface area contributed by atoms with Crippen LogP contribution < -0.4 is 0 Å².